The van der Waals surface area contributed by atoms with Crippen molar-refractivity contribution in [2.24, 2.45) is 5.73 Å². The van der Waals surface area contributed by atoms with Gasteiger partial charge < -0.3 is 10.5 Å². The molecule has 1 unspecified atom stereocenters. The van der Waals surface area contributed by atoms with Gasteiger partial charge in [0.05, 0.1) is 10.2 Å². The maximum Gasteiger partial charge on any atom is 0.256 e. The van der Waals surface area contributed by atoms with Crippen LogP contribution in [0.2, 0.25) is 0 Å². The van der Waals surface area contributed by atoms with E-state index in [0.717, 1.165) is 10.2 Å². The van der Waals surface area contributed by atoms with Crippen LogP contribution in [0.3, 0.4) is 0 Å². The number of fused-ring (bicyclic) bond motifs is 1. The first-order chi connectivity index (χ1) is 8.63. The first-order valence-electron chi connectivity index (χ1n) is 5.55. The van der Waals surface area contributed by atoms with Crippen LogP contribution in [0.1, 0.15) is 5.56 Å². The van der Waals surface area contributed by atoms with Gasteiger partial charge in [-0.2, -0.15) is 0 Å². The zero-order chi connectivity index (χ0) is 13.1. The number of anilines is 1. The molecule has 0 saturated heterocycles. The molecule has 0 aliphatic rings. The van der Waals surface area contributed by atoms with Gasteiger partial charge in [0.15, 0.2) is 5.13 Å². The van der Waals surface area contributed by atoms with Gasteiger partial charge in [-0.05, 0) is 24.6 Å². The Balaban J connectivity index is 0.00000180. The molecule has 1 aromatic carbocycles. The number of hydrogen-bond donors (Lipinski definition) is 2. The van der Waals surface area contributed by atoms with E-state index in [4.69, 9.17) is 10.5 Å². The quantitative estimate of drug-likeness (QED) is 0.905. The molecule has 19 heavy (non-hydrogen) atoms. The number of halogens is 1. The Hall–Kier alpha value is -1.21. The van der Waals surface area contributed by atoms with Gasteiger partial charge in [0.1, 0.15) is 6.10 Å². The molecule has 0 radical (unpaired) electrons. The highest BCUT2D eigenvalue weighted by molar-refractivity contribution is 7.22. The molecule has 1 atom stereocenters. The highest BCUT2D eigenvalue weighted by atomic mass is 35.5. The predicted octanol–water partition coefficient (Wildman–Crippen LogP) is 1.94. The molecule has 3 N–H and O–H groups in total. The minimum Gasteiger partial charge on any atom is -0.370 e. The SMILES string of the molecule is COC(CN)C(=O)Nc1nc2ccc(C)cc2s1.Cl. The lowest BCUT2D eigenvalue weighted by Gasteiger charge is -2.10. The topological polar surface area (TPSA) is 77.2 Å². The Morgan fingerprint density at radius 1 is 1.58 bits per heavy atom. The number of nitrogens with zero attached hydrogens (tertiary/aromatic N) is 1. The maximum absolute atomic E-state index is 11.8. The van der Waals surface area contributed by atoms with Gasteiger partial charge >= 0.3 is 0 Å². The number of carbonyl (C=O) groups is 1. The Morgan fingerprint density at radius 3 is 2.95 bits per heavy atom. The molecule has 7 heteroatoms. The second kappa shape index (κ2) is 6.81. The van der Waals surface area contributed by atoms with Crippen LogP contribution in [0.25, 0.3) is 10.2 Å². The van der Waals surface area contributed by atoms with Gasteiger partial charge in [-0.15, -0.1) is 12.4 Å². The van der Waals surface area contributed by atoms with E-state index in [1.807, 2.05) is 25.1 Å². The summed E-state index contributed by atoms with van der Waals surface area (Å²) >= 11 is 1.44. The Kier molecular flexibility index (Phi) is 5.68. The van der Waals surface area contributed by atoms with Crippen molar-refractivity contribution in [2.45, 2.75) is 13.0 Å². The van der Waals surface area contributed by atoms with Crippen molar-refractivity contribution in [2.75, 3.05) is 19.0 Å². The summed E-state index contributed by atoms with van der Waals surface area (Å²) in [4.78, 5) is 16.1. The van der Waals surface area contributed by atoms with E-state index in [1.165, 1.54) is 24.0 Å². The molecular weight excluding hydrogens is 286 g/mol. The third kappa shape index (κ3) is 3.63. The molecular formula is C12H16ClN3O2S. The molecule has 0 spiro atoms. The molecule has 0 aliphatic carbocycles. The van der Waals surface area contributed by atoms with Crippen LogP contribution < -0.4 is 11.1 Å². The second-order valence-electron chi connectivity index (χ2n) is 3.94. The van der Waals surface area contributed by atoms with E-state index in [1.54, 1.807) is 0 Å². The Morgan fingerprint density at radius 2 is 2.32 bits per heavy atom. The predicted molar refractivity (Wildman–Crippen MR) is 80.1 cm³/mol. The molecule has 0 bridgehead atoms. The van der Waals surface area contributed by atoms with Crippen molar-refractivity contribution in [3.63, 3.8) is 0 Å². The molecule has 1 heterocycles. The summed E-state index contributed by atoms with van der Waals surface area (Å²) in [5.41, 5.74) is 7.47. The third-order valence-corrected chi connectivity index (χ3v) is 3.50. The first-order valence-corrected chi connectivity index (χ1v) is 6.36. The smallest absolute Gasteiger partial charge is 0.256 e. The van der Waals surface area contributed by atoms with Crippen molar-refractivity contribution in [1.29, 1.82) is 0 Å². The van der Waals surface area contributed by atoms with Crippen molar-refractivity contribution < 1.29 is 9.53 Å². The molecule has 0 saturated carbocycles. The van der Waals surface area contributed by atoms with Crippen LogP contribution in [-0.2, 0) is 9.53 Å². The lowest BCUT2D eigenvalue weighted by atomic mass is 10.2. The molecule has 2 rings (SSSR count). The fourth-order valence-electron chi connectivity index (χ4n) is 1.58. The third-order valence-electron chi connectivity index (χ3n) is 2.57. The van der Waals surface area contributed by atoms with E-state index in [-0.39, 0.29) is 24.9 Å². The minimum absolute atomic E-state index is 0. The molecule has 2 aromatic rings. The van der Waals surface area contributed by atoms with E-state index in [9.17, 15) is 4.79 Å². The van der Waals surface area contributed by atoms with Crippen LogP contribution in [0, 0.1) is 6.92 Å². The molecule has 1 aromatic heterocycles. The van der Waals surface area contributed by atoms with Gasteiger partial charge in [0, 0.05) is 13.7 Å². The average Bonchev–Trinajstić information content (AvgIpc) is 2.71. The van der Waals surface area contributed by atoms with Gasteiger partial charge in [0.25, 0.3) is 5.91 Å². The number of rotatable bonds is 4. The van der Waals surface area contributed by atoms with Crippen LogP contribution in [-0.4, -0.2) is 30.6 Å². The van der Waals surface area contributed by atoms with E-state index < -0.39 is 6.10 Å². The Bertz CT molecular complexity index is 569. The lowest BCUT2D eigenvalue weighted by molar-refractivity contribution is -0.125. The second-order valence-corrected chi connectivity index (χ2v) is 4.97. The van der Waals surface area contributed by atoms with E-state index in [0.29, 0.717) is 5.13 Å². The molecule has 0 fully saturated rings. The number of amides is 1. The highest BCUT2D eigenvalue weighted by Gasteiger charge is 2.17. The number of aromatic nitrogens is 1. The van der Waals surface area contributed by atoms with Gasteiger partial charge in [-0.25, -0.2) is 4.98 Å². The zero-order valence-electron chi connectivity index (χ0n) is 10.7. The molecule has 1 amide bonds. The fourth-order valence-corrected chi connectivity index (χ4v) is 2.55. The minimum atomic E-state index is -0.640. The number of nitrogens with two attached hydrogens (primary N) is 1. The van der Waals surface area contributed by atoms with Crippen molar-refractivity contribution in [3.8, 4) is 0 Å². The van der Waals surface area contributed by atoms with Gasteiger partial charge in [-0.1, -0.05) is 17.4 Å². The summed E-state index contributed by atoms with van der Waals surface area (Å²) < 4.78 is 6.01. The summed E-state index contributed by atoms with van der Waals surface area (Å²) in [6.07, 6.45) is -0.640. The number of aryl methyl sites for hydroxylation is 1. The standard InChI is InChI=1S/C12H15N3O2S.ClH/c1-7-3-4-8-10(5-7)18-12(14-8)15-11(16)9(6-13)17-2;/h3-5,9H,6,13H2,1-2H3,(H,14,15,16);1H. The number of ether oxygens (including phenoxy) is 1. The number of carbonyl (C=O) groups excluding carboxylic acids is 1. The first kappa shape index (κ1) is 15.8. The van der Waals surface area contributed by atoms with Crippen LogP contribution in [0.4, 0.5) is 5.13 Å². The van der Waals surface area contributed by atoms with Gasteiger partial charge in [-0.3, -0.25) is 10.1 Å². The number of benzene rings is 1. The van der Waals surface area contributed by atoms with Crippen molar-refractivity contribution in [3.05, 3.63) is 23.8 Å². The summed E-state index contributed by atoms with van der Waals surface area (Å²) in [6, 6.07) is 5.97. The fraction of sp³-hybridized carbons (Fsp3) is 0.333. The summed E-state index contributed by atoms with van der Waals surface area (Å²) in [7, 11) is 1.46. The van der Waals surface area contributed by atoms with E-state index in [2.05, 4.69) is 10.3 Å². The molecule has 0 aliphatic heterocycles. The van der Waals surface area contributed by atoms with E-state index >= 15 is 0 Å². The van der Waals surface area contributed by atoms with Gasteiger partial charge in [0.2, 0.25) is 0 Å². The highest BCUT2D eigenvalue weighted by Crippen LogP contribution is 2.26. The summed E-state index contributed by atoms with van der Waals surface area (Å²) in [6.45, 7) is 2.17. The molecule has 104 valence electrons. The monoisotopic (exact) mass is 301 g/mol. The molecule has 5 nitrogen and oxygen atoms in total. The van der Waals surface area contributed by atoms with Crippen LogP contribution in [0.5, 0.6) is 0 Å². The number of hydrogen-bond acceptors (Lipinski definition) is 5. The number of methoxy groups -OCH3 is 1. The number of nitrogens with one attached hydrogen (secondary N) is 1. The lowest BCUT2D eigenvalue weighted by Crippen LogP contribution is -2.35. The average molecular weight is 302 g/mol. The normalized spacial score (nSPS) is 11.9. The van der Waals surface area contributed by atoms with Crippen molar-refractivity contribution in [1.82, 2.24) is 4.98 Å². The largest absolute Gasteiger partial charge is 0.370 e. The number of thiazole rings is 1. The van der Waals surface area contributed by atoms with Crippen LogP contribution >= 0.6 is 23.7 Å². The van der Waals surface area contributed by atoms with Crippen LogP contribution in [0.15, 0.2) is 18.2 Å². The van der Waals surface area contributed by atoms with Crippen molar-refractivity contribution >= 4 is 45.0 Å². The maximum atomic E-state index is 11.8. The zero-order valence-corrected chi connectivity index (χ0v) is 12.3. The summed E-state index contributed by atoms with van der Waals surface area (Å²) in [5.74, 6) is -0.268. The summed E-state index contributed by atoms with van der Waals surface area (Å²) in [5, 5.41) is 3.28. The Labute approximate surface area is 121 Å².